The van der Waals surface area contributed by atoms with E-state index in [2.05, 4.69) is 20.2 Å². The molecular formula is C19H23N3O4. The molecule has 0 spiro atoms. The molecule has 1 aliphatic carbocycles. The van der Waals surface area contributed by atoms with E-state index in [0.29, 0.717) is 35.5 Å². The second kappa shape index (κ2) is 7.68. The molecule has 2 aromatic heterocycles. The molecule has 2 heterocycles. The molecule has 0 aliphatic heterocycles. The summed E-state index contributed by atoms with van der Waals surface area (Å²) in [5.41, 5.74) is 2.61. The van der Waals surface area contributed by atoms with Gasteiger partial charge in [-0.05, 0) is 31.2 Å². The Morgan fingerprint density at radius 1 is 1.42 bits per heavy atom. The van der Waals surface area contributed by atoms with E-state index in [9.17, 15) is 9.59 Å². The minimum absolute atomic E-state index is 0.124. The lowest BCUT2D eigenvalue weighted by molar-refractivity contribution is -0.134. The number of aromatic nitrogens is 2. The summed E-state index contributed by atoms with van der Waals surface area (Å²) in [6, 6.07) is 1.86. The number of ether oxygens (including phenoxy) is 1. The zero-order valence-corrected chi connectivity index (χ0v) is 15.2. The largest absolute Gasteiger partial charge is 0.466 e. The first-order chi connectivity index (χ1) is 12.5. The van der Waals surface area contributed by atoms with Gasteiger partial charge in [0.05, 0.1) is 23.8 Å². The minimum Gasteiger partial charge on any atom is -0.466 e. The Balaban J connectivity index is 1.80. The number of carbonyl (C=O) groups is 2. The number of nitrogens with one attached hydrogen (secondary N) is 1. The lowest BCUT2D eigenvalue weighted by Gasteiger charge is -2.08. The summed E-state index contributed by atoms with van der Waals surface area (Å²) in [5.74, 6) is -0.0657. The van der Waals surface area contributed by atoms with Gasteiger partial charge in [0.15, 0.2) is 0 Å². The Labute approximate surface area is 151 Å². The van der Waals surface area contributed by atoms with E-state index >= 15 is 0 Å². The van der Waals surface area contributed by atoms with Crippen molar-refractivity contribution in [3.8, 4) is 0 Å². The minimum atomic E-state index is -0.410. The van der Waals surface area contributed by atoms with Crippen molar-refractivity contribution < 1.29 is 18.8 Å². The maximum atomic E-state index is 12.8. The molecule has 26 heavy (non-hydrogen) atoms. The first kappa shape index (κ1) is 18.1. The summed E-state index contributed by atoms with van der Waals surface area (Å²) in [6.45, 7) is 4.42. The molecule has 0 radical (unpaired) electrons. The molecule has 1 fully saturated rings. The number of nitrogens with zero attached hydrogens (tertiary/aromatic N) is 2. The Morgan fingerprint density at radius 3 is 2.85 bits per heavy atom. The highest BCUT2D eigenvalue weighted by atomic mass is 16.5. The molecule has 138 valence electrons. The molecular weight excluding hydrogens is 334 g/mol. The predicted molar refractivity (Wildman–Crippen MR) is 96.0 cm³/mol. The highest BCUT2D eigenvalue weighted by molar-refractivity contribution is 6.06. The zero-order chi connectivity index (χ0) is 18.7. The molecule has 7 nitrogen and oxygen atoms in total. The molecule has 0 bridgehead atoms. The van der Waals surface area contributed by atoms with Gasteiger partial charge in [-0.1, -0.05) is 25.1 Å². The summed E-state index contributed by atoms with van der Waals surface area (Å²) >= 11 is 0. The summed E-state index contributed by atoms with van der Waals surface area (Å²) in [7, 11) is 1.33. The maximum Gasteiger partial charge on any atom is 0.330 e. The molecule has 0 unspecified atom stereocenters. The van der Waals surface area contributed by atoms with E-state index < -0.39 is 5.97 Å². The molecule has 0 saturated heterocycles. The number of esters is 1. The van der Waals surface area contributed by atoms with Crippen LogP contribution in [0.15, 0.2) is 22.7 Å². The number of fused-ring (bicyclic) bond motifs is 1. The number of methoxy groups -OCH3 is 1. The Morgan fingerprint density at radius 2 is 2.19 bits per heavy atom. The highest BCUT2D eigenvalue weighted by Crippen LogP contribution is 2.41. The van der Waals surface area contributed by atoms with Crippen LogP contribution in [-0.4, -0.2) is 35.7 Å². The quantitative estimate of drug-likeness (QED) is 0.465. The third-order valence-corrected chi connectivity index (χ3v) is 4.33. The van der Waals surface area contributed by atoms with Gasteiger partial charge < -0.3 is 14.6 Å². The zero-order valence-electron chi connectivity index (χ0n) is 15.2. The standard InChI is InChI=1S/C19H23N3O4/c1-11(2)17-16-13(18(24)20-9-5-4-6-15(23)25-3)10-14(12-7-8-12)21-19(16)26-22-17/h4,6,10-12H,5,7-9H2,1-3H3,(H,20,24)/b6-4+. The van der Waals surface area contributed by atoms with Gasteiger partial charge in [-0.25, -0.2) is 9.78 Å². The van der Waals surface area contributed by atoms with Crippen LogP contribution in [0.5, 0.6) is 0 Å². The summed E-state index contributed by atoms with van der Waals surface area (Å²) in [5, 5.41) is 7.69. The van der Waals surface area contributed by atoms with Crippen LogP contribution in [0.1, 0.15) is 66.7 Å². The number of hydrogen-bond donors (Lipinski definition) is 1. The molecule has 1 N–H and O–H groups in total. The van der Waals surface area contributed by atoms with Gasteiger partial charge in [0.2, 0.25) is 0 Å². The number of pyridine rings is 1. The topological polar surface area (TPSA) is 94.3 Å². The fraction of sp³-hybridized carbons (Fsp3) is 0.474. The lowest BCUT2D eigenvalue weighted by atomic mass is 10.0. The van der Waals surface area contributed by atoms with E-state index in [0.717, 1.165) is 24.2 Å². The molecule has 3 rings (SSSR count). The lowest BCUT2D eigenvalue weighted by Crippen LogP contribution is -2.25. The van der Waals surface area contributed by atoms with Gasteiger partial charge in [-0.3, -0.25) is 4.79 Å². The number of amides is 1. The summed E-state index contributed by atoms with van der Waals surface area (Å²) < 4.78 is 9.92. The van der Waals surface area contributed by atoms with E-state index in [1.165, 1.54) is 13.2 Å². The van der Waals surface area contributed by atoms with Crippen LogP contribution in [0.4, 0.5) is 0 Å². The van der Waals surface area contributed by atoms with Gasteiger partial charge in [-0.15, -0.1) is 0 Å². The van der Waals surface area contributed by atoms with E-state index in [4.69, 9.17) is 4.52 Å². The Bertz CT molecular complexity index is 850. The first-order valence-electron chi connectivity index (χ1n) is 8.84. The molecule has 0 aromatic carbocycles. The van der Waals surface area contributed by atoms with Crippen molar-refractivity contribution in [2.24, 2.45) is 0 Å². The average Bonchev–Trinajstić information content (AvgIpc) is 3.38. The second-order valence-corrected chi connectivity index (χ2v) is 6.74. The fourth-order valence-electron chi connectivity index (χ4n) is 2.77. The van der Waals surface area contributed by atoms with Crippen LogP contribution >= 0.6 is 0 Å². The van der Waals surface area contributed by atoms with Gasteiger partial charge >= 0.3 is 5.97 Å². The van der Waals surface area contributed by atoms with E-state index in [1.807, 2.05) is 19.9 Å². The summed E-state index contributed by atoms with van der Waals surface area (Å²) in [4.78, 5) is 28.3. The van der Waals surface area contributed by atoms with Crippen molar-refractivity contribution in [2.45, 2.75) is 44.9 Å². The van der Waals surface area contributed by atoms with Gasteiger partial charge in [0.1, 0.15) is 0 Å². The monoisotopic (exact) mass is 357 g/mol. The predicted octanol–water partition coefficient (Wildman–Crippen LogP) is 3.07. The van der Waals surface area contributed by atoms with Crippen molar-refractivity contribution >= 4 is 23.0 Å². The Hall–Kier alpha value is -2.70. The number of carbonyl (C=O) groups excluding carboxylic acids is 2. The van der Waals surface area contributed by atoms with Crippen LogP contribution in [0, 0.1) is 0 Å². The van der Waals surface area contributed by atoms with Crippen LogP contribution < -0.4 is 5.32 Å². The van der Waals surface area contributed by atoms with E-state index in [1.54, 1.807) is 6.08 Å². The first-order valence-corrected chi connectivity index (χ1v) is 8.84. The van der Waals surface area contributed by atoms with Crippen molar-refractivity contribution in [1.82, 2.24) is 15.5 Å². The SMILES string of the molecule is COC(=O)/C=C/CCNC(=O)c1cc(C2CC2)nc2onc(C(C)C)c12. The van der Waals surface area contributed by atoms with Crippen molar-refractivity contribution in [2.75, 3.05) is 13.7 Å². The molecule has 7 heteroatoms. The third kappa shape index (κ3) is 3.92. The van der Waals surface area contributed by atoms with Crippen molar-refractivity contribution in [3.63, 3.8) is 0 Å². The molecule has 1 aliphatic rings. The van der Waals surface area contributed by atoms with Crippen LogP contribution in [0.3, 0.4) is 0 Å². The third-order valence-electron chi connectivity index (χ3n) is 4.33. The molecule has 1 saturated carbocycles. The van der Waals surface area contributed by atoms with Crippen LogP contribution in [0.25, 0.3) is 11.1 Å². The fourth-order valence-corrected chi connectivity index (χ4v) is 2.77. The van der Waals surface area contributed by atoms with Crippen LogP contribution in [-0.2, 0) is 9.53 Å². The van der Waals surface area contributed by atoms with Gasteiger partial charge in [-0.2, -0.15) is 0 Å². The maximum absolute atomic E-state index is 12.8. The number of hydrogen-bond acceptors (Lipinski definition) is 6. The van der Waals surface area contributed by atoms with Gasteiger partial charge in [0.25, 0.3) is 11.6 Å². The molecule has 1 amide bonds. The van der Waals surface area contributed by atoms with Gasteiger partial charge in [0, 0.05) is 24.2 Å². The summed E-state index contributed by atoms with van der Waals surface area (Å²) in [6.07, 6.45) is 5.72. The van der Waals surface area contributed by atoms with Crippen molar-refractivity contribution in [1.29, 1.82) is 0 Å². The number of rotatable bonds is 7. The molecule has 2 aromatic rings. The van der Waals surface area contributed by atoms with E-state index in [-0.39, 0.29) is 11.8 Å². The average molecular weight is 357 g/mol. The normalized spacial score (nSPS) is 14.3. The van der Waals surface area contributed by atoms with Crippen molar-refractivity contribution in [3.05, 3.63) is 35.2 Å². The molecule has 0 atom stereocenters. The smallest absolute Gasteiger partial charge is 0.330 e. The Kier molecular flexibility index (Phi) is 5.35. The van der Waals surface area contributed by atoms with Crippen LogP contribution in [0.2, 0.25) is 0 Å². The second-order valence-electron chi connectivity index (χ2n) is 6.74. The highest BCUT2D eigenvalue weighted by Gasteiger charge is 2.29.